The van der Waals surface area contributed by atoms with Gasteiger partial charge in [-0.15, -0.1) is 0 Å². The smallest absolute Gasteiger partial charge is 0.221 e. The molecule has 0 radical (unpaired) electrons. The molecule has 0 aromatic heterocycles. The van der Waals surface area contributed by atoms with Crippen LogP contribution in [0.15, 0.2) is 0 Å². The summed E-state index contributed by atoms with van der Waals surface area (Å²) in [7, 11) is 0. The molecule has 2 atom stereocenters. The van der Waals surface area contributed by atoms with Gasteiger partial charge in [-0.3, -0.25) is 4.79 Å². The van der Waals surface area contributed by atoms with Gasteiger partial charge in [0.2, 0.25) is 5.91 Å². The molecule has 2 unspecified atom stereocenters. The largest absolute Gasteiger partial charge is 0.356 e. The van der Waals surface area contributed by atoms with Crippen LogP contribution in [0.1, 0.15) is 39.5 Å². The van der Waals surface area contributed by atoms with E-state index in [1.807, 2.05) is 0 Å². The number of amides is 1. The third-order valence-electron chi connectivity index (χ3n) is 4.01. The monoisotopic (exact) mass is 253 g/mol. The molecular formula is C14H27N3O. The third-order valence-corrected chi connectivity index (χ3v) is 4.01. The molecule has 104 valence electrons. The van der Waals surface area contributed by atoms with Gasteiger partial charge in [0.25, 0.3) is 0 Å². The van der Waals surface area contributed by atoms with Gasteiger partial charge in [0.1, 0.15) is 0 Å². The summed E-state index contributed by atoms with van der Waals surface area (Å²) in [6.07, 6.45) is 4.62. The second-order valence-electron chi connectivity index (χ2n) is 5.85. The Hall–Kier alpha value is -0.610. The average Bonchev–Trinajstić information content (AvgIpc) is 3.06. The number of nitrogens with one attached hydrogen (secondary N) is 2. The number of likely N-dealkylation sites (tertiary alicyclic amines) is 1. The molecule has 0 spiro atoms. The minimum absolute atomic E-state index is 0.188. The van der Waals surface area contributed by atoms with E-state index in [2.05, 4.69) is 29.4 Å². The zero-order chi connectivity index (χ0) is 13.0. The van der Waals surface area contributed by atoms with Gasteiger partial charge in [-0.05, 0) is 45.2 Å². The van der Waals surface area contributed by atoms with Crippen LogP contribution in [0.2, 0.25) is 0 Å². The summed E-state index contributed by atoms with van der Waals surface area (Å²) >= 11 is 0. The maximum atomic E-state index is 11.7. The van der Waals surface area contributed by atoms with E-state index in [1.54, 1.807) is 0 Å². The van der Waals surface area contributed by atoms with Crippen LogP contribution in [0, 0.1) is 5.92 Å². The van der Waals surface area contributed by atoms with Crippen LogP contribution < -0.4 is 10.6 Å². The maximum Gasteiger partial charge on any atom is 0.221 e. The SMILES string of the molecule is CCNC(C)CC(=O)NCC1CCN(C2CC2)C1. The van der Waals surface area contributed by atoms with E-state index in [4.69, 9.17) is 0 Å². The van der Waals surface area contributed by atoms with Crippen molar-refractivity contribution in [2.24, 2.45) is 5.92 Å². The summed E-state index contributed by atoms with van der Waals surface area (Å²) in [6, 6.07) is 1.15. The minimum Gasteiger partial charge on any atom is -0.356 e. The van der Waals surface area contributed by atoms with Crippen molar-refractivity contribution in [3.05, 3.63) is 0 Å². The predicted molar refractivity (Wildman–Crippen MR) is 73.5 cm³/mol. The van der Waals surface area contributed by atoms with E-state index >= 15 is 0 Å². The van der Waals surface area contributed by atoms with Crippen molar-refractivity contribution >= 4 is 5.91 Å². The lowest BCUT2D eigenvalue weighted by Crippen LogP contribution is -2.36. The highest BCUT2D eigenvalue weighted by atomic mass is 16.1. The van der Waals surface area contributed by atoms with Crippen LogP contribution in [0.25, 0.3) is 0 Å². The van der Waals surface area contributed by atoms with Crippen molar-refractivity contribution in [1.82, 2.24) is 15.5 Å². The minimum atomic E-state index is 0.188. The fourth-order valence-corrected chi connectivity index (χ4v) is 2.83. The van der Waals surface area contributed by atoms with E-state index in [9.17, 15) is 4.79 Å². The first kappa shape index (κ1) is 13.8. The Morgan fingerprint density at radius 3 is 2.83 bits per heavy atom. The Balaban J connectivity index is 1.58. The Bertz CT molecular complexity index is 278. The first-order valence-electron chi connectivity index (χ1n) is 7.43. The highest BCUT2D eigenvalue weighted by Gasteiger charge is 2.34. The van der Waals surface area contributed by atoms with Crippen molar-refractivity contribution in [2.75, 3.05) is 26.2 Å². The first-order chi connectivity index (χ1) is 8.69. The Morgan fingerprint density at radius 1 is 1.39 bits per heavy atom. The molecule has 4 nitrogen and oxygen atoms in total. The molecule has 1 saturated heterocycles. The van der Waals surface area contributed by atoms with Crippen molar-refractivity contribution in [2.45, 2.75) is 51.6 Å². The summed E-state index contributed by atoms with van der Waals surface area (Å²) in [6.45, 7) is 8.34. The van der Waals surface area contributed by atoms with Gasteiger partial charge in [0.15, 0.2) is 0 Å². The molecule has 1 saturated carbocycles. The van der Waals surface area contributed by atoms with Crippen LogP contribution in [-0.4, -0.2) is 49.1 Å². The molecule has 1 aliphatic heterocycles. The fraction of sp³-hybridized carbons (Fsp3) is 0.929. The number of hydrogen-bond donors (Lipinski definition) is 2. The molecule has 18 heavy (non-hydrogen) atoms. The van der Waals surface area contributed by atoms with Crippen molar-refractivity contribution < 1.29 is 4.79 Å². The third kappa shape index (κ3) is 4.25. The van der Waals surface area contributed by atoms with E-state index < -0.39 is 0 Å². The van der Waals surface area contributed by atoms with Gasteiger partial charge in [-0.1, -0.05) is 6.92 Å². The molecule has 1 aliphatic carbocycles. The van der Waals surface area contributed by atoms with Crippen LogP contribution in [0.4, 0.5) is 0 Å². The molecule has 4 heteroatoms. The quantitative estimate of drug-likeness (QED) is 0.711. The number of nitrogens with zero attached hydrogens (tertiary/aromatic N) is 1. The summed E-state index contributed by atoms with van der Waals surface area (Å²) in [5.41, 5.74) is 0. The summed E-state index contributed by atoms with van der Waals surface area (Å²) in [4.78, 5) is 14.3. The lowest BCUT2D eigenvalue weighted by Gasteiger charge is -2.16. The highest BCUT2D eigenvalue weighted by molar-refractivity contribution is 5.76. The molecule has 0 aromatic carbocycles. The van der Waals surface area contributed by atoms with Crippen LogP contribution in [-0.2, 0) is 4.79 Å². The van der Waals surface area contributed by atoms with E-state index in [-0.39, 0.29) is 11.9 Å². The van der Waals surface area contributed by atoms with Crippen molar-refractivity contribution in [3.8, 4) is 0 Å². The molecule has 2 aliphatic rings. The Labute approximate surface area is 110 Å². The fourth-order valence-electron chi connectivity index (χ4n) is 2.83. The number of carbonyl (C=O) groups excluding carboxylic acids is 1. The average molecular weight is 253 g/mol. The molecule has 0 aromatic rings. The number of rotatable bonds is 7. The number of carbonyl (C=O) groups is 1. The number of hydrogen-bond acceptors (Lipinski definition) is 3. The van der Waals surface area contributed by atoms with Gasteiger partial charge < -0.3 is 15.5 Å². The topological polar surface area (TPSA) is 44.4 Å². The van der Waals surface area contributed by atoms with Crippen molar-refractivity contribution in [1.29, 1.82) is 0 Å². The van der Waals surface area contributed by atoms with E-state index in [1.165, 1.54) is 32.4 Å². The zero-order valence-corrected chi connectivity index (χ0v) is 11.7. The van der Waals surface area contributed by atoms with Gasteiger partial charge >= 0.3 is 0 Å². The first-order valence-corrected chi connectivity index (χ1v) is 7.43. The maximum absolute atomic E-state index is 11.7. The summed E-state index contributed by atoms with van der Waals surface area (Å²) in [5.74, 6) is 0.859. The molecule has 2 fully saturated rings. The lowest BCUT2D eigenvalue weighted by atomic mass is 10.1. The second-order valence-corrected chi connectivity index (χ2v) is 5.85. The normalized spacial score (nSPS) is 26.2. The van der Waals surface area contributed by atoms with Crippen LogP contribution in [0.3, 0.4) is 0 Å². The zero-order valence-electron chi connectivity index (χ0n) is 11.7. The van der Waals surface area contributed by atoms with E-state index in [0.29, 0.717) is 12.3 Å². The highest BCUT2D eigenvalue weighted by Crippen LogP contribution is 2.31. The van der Waals surface area contributed by atoms with E-state index in [0.717, 1.165) is 19.1 Å². The standard InChI is InChI=1S/C14H27N3O/c1-3-15-11(2)8-14(18)16-9-12-6-7-17(10-12)13-4-5-13/h11-13,15H,3-10H2,1-2H3,(H,16,18). The molecule has 2 rings (SSSR count). The Morgan fingerprint density at radius 2 is 2.17 bits per heavy atom. The summed E-state index contributed by atoms with van der Waals surface area (Å²) < 4.78 is 0. The van der Waals surface area contributed by atoms with Gasteiger partial charge in [0.05, 0.1) is 0 Å². The van der Waals surface area contributed by atoms with Crippen LogP contribution in [0.5, 0.6) is 0 Å². The van der Waals surface area contributed by atoms with Gasteiger partial charge in [-0.25, -0.2) is 0 Å². The lowest BCUT2D eigenvalue weighted by molar-refractivity contribution is -0.121. The molecular weight excluding hydrogens is 226 g/mol. The molecule has 0 bridgehead atoms. The van der Waals surface area contributed by atoms with Crippen molar-refractivity contribution in [3.63, 3.8) is 0 Å². The molecule has 1 heterocycles. The predicted octanol–water partition coefficient (Wildman–Crippen LogP) is 0.975. The Kier molecular flexibility index (Phi) is 5.01. The molecule has 1 amide bonds. The van der Waals surface area contributed by atoms with Crippen LogP contribution >= 0.6 is 0 Å². The summed E-state index contributed by atoms with van der Waals surface area (Å²) in [5, 5.41) is 6.35. The molecule has 2 N–H and O–H groups in total. The second kappa shape index (κ2) is 6.53. The van der Waals surface area contributed by atoms with Gasteiger partial charge in [0, 0.05) is 31.6 Å². The van der Waals surface area contributed by atoms with Gasteiger partial charge in [-0.2, -0.15) is 0 Å².